The monoisotopic (exact) mass is 274 g/mol. The van der Waals surface area contributed by atoms with Gasteiger partial charge in [-0.3, -0.25) is 4.90 Å². The minimum Gasteiger partial charge on any atom is -0.378 e. The molecule has 2 saturated heterocycles. The van der Waals surface area contributed by atoms with E-state index < -0.39 is 0 Å². The van der Waals surface area contributed by atoms with Gasteiger partial charge in [-0.05, 0) is 44.2 Å². The summed E-state index contributed by atoms with van der Waals surface area (Å²) in [5.41, 5.74) is 7.26. The van der Waals surface area contributed by atoms with Gasteiger partial charge in [0.1, 0.15) is 0 Å². The Morgan fingerprint density at radius 3 is 2.40 bits per heavy atom. The van der Waals surface area contributed by atoms with Crippen molar-refractivity contribution in [2.75, 3.05) is 13.7 Å². The second-order valence-electron chi connectivity index (χ2n) is 6.38. The van der Waals surface area contributed by atoms with Gasteiger partial charge in [-0.2, -0.15) is 0 Å². The van der Waals surface area contributed by atoms with Crippen LogP contribution in [0.25, 0.3) is 0 Å². The molecule has 3 rings (SSSR count). The Labute approximate surface area is 122 Å². The van der Waals surface area contributed by atoms with Crippen molar-refractivity contribution >= 4 is 0 Å². The molecule has 2 N–H and O–H groups in total. The lowest BCUT2D eigenvalue weighted by Gasteiger charge is -2.46. The molecule has 2 fully saturated rings. The van der Waals surface area contributed by atoms with Crippen molar-refractivity contribution < 1.29 is 4.74 Å². The summed E-state index contributed by atoms with van der Waals surface area (Å²) in [5.74, 6) is 0. The van der Waals surface area contributed by atoms with Crippen LogP contribution < -0.4 is 5.73 Å². The number of fused-ring (bicyclic) bond motifs is 2. The molecule has 1 aromatic rings. The highest BCUT2D eigenvalue weighted by atomic mass is 16.5. The summed E-state index contributed by atoms with van der Waals surface area (Å²) in [6.45, 7) is 1.81. The zero-order valence-corrected chi connectivity index (χ0v) is 12.4. The Morgan fingerprint density at radius 1 is 1.20 bits per heavy atom. The molecule has 0 saturated carbocycles. The summed E-state index contributed by atoms with van der Waals surface area (Å²) in [4.78, 5) is 2.70. The van der Waals surface area contributed by atoms with Crippen LogP contribution in [-0.4, -0.2) is 36.2 Å². The van der Waals surface area contributed by atoms with Gasteiger partial charge in [0, 0.05) is 25.7 Å². The smallest absolute Gasteiger partial charge is 0.0720 e. The Bertz CT molecular complexity index is 420. The van der Waals surface area contributed by atoms with Crippen molar-refractivity contribution in [1.29, 1.82) is 0 Å². The Kier molecular flexibility index (Phi) is 4.11. The predicted molar refractivity (Wildman–Crippen MR) is 81.4 cm³/mol. The van der Waals surface area contributed by atoms with Gasteiger partial charge in [0.15, 0.2) is 0 Å². The highest BCUT2D eigenvalue weighted by molar-refractivity contribution is 5.16. The third-order valence-corrected chi connectivity index (χ3v) is 5.23. The van der Waals surface area contributed by atoms with Crippen molar-refractivity contribution in [3.8, 4) is 0 Å². The molecule has 3 nitrogen and oxygen atoms in total. The number of hydrogen-bond acceptors (Lipinski definition) is 3. The summed E-state index contributed by atoms with van der Waals surface area (Å²) >= 11 is 0. The quantitative estimate of drug-likeness (QED) is 0.897. The van der Waals surface area contributed by atoms with Gasteiger partial charge in [-0.25, -0.2) is 0 Å². The largest absolute Gasteiger partial charge is 0.378 e. The minimum absolute atomic E-state index is 0.0355. The molecule has 2 aliphatic heterocycles. The van der Waals surface area contributed by atoms with E-state index in [0.29, 0.717) is 12.1 Å². The highest BCUT2D eigenvalue weighted by Gasteiger charge is 2.47. The van der Waals surface area contributed by atoms with E-state index in [1.54, 1.807) is 0 Å². The number of methoxy groups -OCH3 is 1. The molecule has 2 heterocycles. The maximum atomic E-state index is 5.89. The molecule has 0 spiro atoms. The summed E-state index contributed by atoms with van der Waals surface area (Å²) in [6, 6.07) is 12.2. The van der Waals surface area contributed by atoms with Crippen molar-refractivity contribution in [2.45, 2.75) is 56.3 Å². The summed E-state index contributed by atoms with van der Waals surface area (Å²) < 4.78 is 5.89. The molecule has 0 amide bonds. The second kappa shape index (κ2) is 5.84. The maximum absolute atomic E-state index is 5.89. The molecule has 2 bridgehead atoms. The molecular formula is C17H26N2O. The number of nitrogens with two attached hydrogens (primary N) is 1. The summed E-state index contributed by atoms with van der Waals surface area (Å²) in [7, 11) is 1.86. The van der Waals surface area contributed by atoms with Crippen LogP contribution in [0.3, 0.4) is 0 Å². The Balaban J connectivity index is 1.72. The summed E-state index contributed by atoms with van der Waals surface area (Å²) in [5, 5.41) is 0. The van der Waals surface area contributed by atoms with Crippen molar-refractivity contribution in [1.82, 2.24) is 4.90 Å². The second-order valence-corrected chi connectivity index (χ2v) is 6.38. The standard InChI is InChI=1S/C17H26N2O/c1-20-17(9-10-18)11-15-7-8-16(12-17)19(15)13-14-5-3-2-4-6-14/h2-6,15-16H,7-13,18H2,1H3. The lowest BCUT2D eigenvalue weighted by molar-refractivity contribution is -0.0864. The molecular weight excluding hydrogens is 248 g/mol. The van der Waals surface area contributed by atoms with Gasteiger partial charge >= 0.3 is 0 Å². The molecule has 20 heavy (non-hydrogen) atoms. The third-order valence-electron chi connectivity index (χ3n) is 5.23. The molecule has 2 unspecified atom stereocenters. The molecule has 1 aromatic carbocycles. The maximum Gasteiger partial charge on any atom is 0.0720 e. The van der Waals surface area contributed by atoms with Crippen LogP contribution in [0.1, 0.15) is 37.7 Å². The van der Waals surface area contributed by atoms with E-state index in [9.17, 15) is 0 Å². The zero-order chi connectivity index (χ0) is 14.0. The fraction of sp³-hybridized carbons (Fsp3) is 0.647. The lowest BCUT2D eigenvalue weighted by Crippen LogP contribution is -2.52. The van der Waals surface area contributed by atoms with E-state index in [1.807, 2.05) is 7.11 Å². The van der Waals surface area contributed by atoms with E-state index in [2.05, 4.69) is 35.2 Å². The van der Waals surface area contributed by atoms with Crippen molar-refractivity contribution in [2.24, 2.45) is 5.73 Å². The number of hydrogen-bond donors (Lipinski definition) is 1. The van der Waals surface area contributed by atoms with Crippen molar-refractivity contribution in [3.05, 3.63) is 35.9 Å². The Morgan fingerprint density at radius 2 is 1.85 bits per heavy atom. The minimum atomic E-state index is 0.0355. The molecule has 2 atom stereocenters. The van der Waals surface area contributed by atoms with E-state index in [0.717, 1.165) is 32.4 Å². The lowest BCUT2D eigenvalue weighted by atomic mass is 9.83. The predicted octanol–water partition coefficient (Wildman–Crippen LogP) is 2.55. The van der Waals surface area contributed by atoms with Crippen LogP contribution in [-0.2, 0) is 11.3 Å². The number of ether oxygens (including phenoxy) is 1. The number of piperidine rings is 1. The Hall–Kier alpha value is -0.900. The van der Waals surface area contributed by atoms with Crippen LogP contribution in [0, 0.1) is 0 Å². The first kappa shape index (κ1) is 14.1. The van der Waals surface area contributed by atoms with Crippen LogP contribution in [0.4, 0.5) is 0 Å². The number of benzene rings is 1. The normalized spacial score (nSPS) is 33.5. The van der Waals surface area contributed by atoms with E-state index in [-0.39, 0.29) is 5.60 Å². The SMILES string of the molecule is COC1(CCN)CC2CCC(C1)N2Cc1ccccc1. The van der Waals surface area contributed by atoms with Crippen LogP contribution >= 0.6 is 0 Å². The summed E-state index contributed by atoms with van der Waals surface area (Å²) in [6.07, 6.45) is 5.91. The molecule has 0 aromatic heterocycles. The van der Waals surface area contributed by atoms with Gasteiger partial charge in [-0.1, -0.05) is 30.3 Å². The molecule has 110 valence electrons. The van der Waals surface area contributed by atoms with Gasteiger partial charge in [0.25, 0.3) is 0 Å². The fourth-order valence-electron chi connectivity index (χ4n) is 4.18. The molecule has 3 heteroatoms. The number of nitrogens with zero attached hydrogens (tertiary/aromatic N) is 1. The van der Waals surface area contributed by atoms with E-state index in [4.69, 9.17) is 10.5 Å². The molecule has 0 aliphatic carbocycles. The topological polar surface area (TPSA) is 38.5 Å². The van der Waals surface area contributed by atoms with Crippen LogP contribution in [0.2, 0.25) is 0 Å². The van der Waals surface area contributed by atoms with Crippen molar-refractivity contribution in [3.63, 3.8) is 0 Å². The zero-order valence-electron chi connectivity index (χ0n) is 12.4. The first-order chi connectivity index (χ1) is 9.76. The highest BCUT2D eigenvalue weighted by Crippen LogP contribution is 2.44. The average Bonchev–Trinajstić information content (AvgIpc) is 2.73. The third kappa shape index (κ3) is 2.62. The van der Waals surface area contributed by atoms with E-state index >= 15 is 0 Å². The van der Waals surface area contributed by atoms with Gasteiger partial charge in [-0.15, -0.1) is 0 Å². The number of rotatable bonds is 5. The molecule has 2 aliphatic rings. The fourth-order valence-corrected chi connectivity index (χ4v) is 4.18. The van der Waals surface area contributed by atoms with E-state index in [1.165, 1.54) is 18.4 Å². The average molecular weight is 274 g/mol. The first-order valence-corrected chi connectivity index (χ1v) is 7.81. The van der Waals surface area contributed by atoms with Crippen LogP contribution in [0.15, 0.2) is 30.3 Å². The van der Waals surface area contributed by atoms with Crippen LogP contribution in [0.5, 0.6) is 0 Å². The first-order valence-electron chi connectivity index (χ1n) is 7.81. The molecule has 0 radical (unpaired) electrons. The van der Waals surface area contributed by atoms with Gasteiger partial charge < -0.3 is 10.5 Å². The van der Waals surface area contributed by atoms with Gasteiger partial charge in [0.05, 0.1) is 5.60 Å². The van der Waals surface area contributed by atoms with Gasteiger partial charge in [0.2, 0.25) is 0 Å².